The van der Waals surface area contributed by atoms with E-state index in [2.05, 4.69) is 33.5 Å². The zero-order valence-electron chi connectivity index (χ0n) is 15.0. The van der Waals surface area contributed by atoms with Crippen LogP contribution in [0, 0.1) is 0 Å². The fourth-order valence-corrected chi connectivity index (χ4v) is 3.94. The summed E-state index contributed by atoms with van der Waals surface area (Å²) in [6, 6.07) is 22.0. The molecule has 0 fully saturated rings. The van der Waals surface area contributed by atoms with Crippen molar-refractivity contribution in [3.05, 3.63) is 88.9 Å². The van der Waals surface area contributed by atoms with Crippen molar-refractivity contribution in [1.29, 1.82) is 0 Å². The fraction of sp³-hybridized carbons (Fsp3) is 0.136. The van der Waals surface area contributed by atoms with Gasteiger partial charge in [0.2, 0.25) is 0 Å². The lowest BCUT2D eigenvalue weighted by molar-refractivity contribution is 0.0942. The van der Waals surface area contributed by atoms with Crippen LogP contribution in [0.1, 0.15) is 21.6 Å². The van der Waals surface area contributed by atoms with Gasteiger partial charge in [0.05, 0.1) is 17.3 Å². The van der Waals surface area contributed by atoms with Gasteiger partial charge in [-0.15, -0.1) is 11.3 Å². The second-order valence-corrected chi connectivity index (χ2v) is 7.25. The lowest BCUT2D eigenvalue weighted by Crippen LogP contribution is -2.25. The molecule has 0 aliphatic carbocycles. The van der Waals surface area contributed by atoms with Gasteiger partial charge in [0.1, 0.15) is 11.4 Å². The molecule has 2 heterocycles. The normalized spacial score (nSPS) is 10.9. The van der Waals surface area contributed by atoms with E-state index >= 15 is 0 Å². The molecule has 0 atom stereocenters. The molecule has 1 amide bonds. The Bertz CT molecular complexity index is 1050. The highest BCUT2D eigenvalue weighted by Crippen LogP contribution is 2.26. The SMILES string of the molecule is COc1ccc(CNC(=O)c2cc3sccc3n2Cc2ccccc2)cc1. The molecule has 4 rings (SSSR count). The number of thiophene rings is 1. The summed E-state index contributed by atoms with van der Waals surface area (Å²) in [5, 5.41) is 5.09. The van der Waals surface area contributed by atoms with Crippen molar-refractivity contribution in [2.24, 2.45) is 0 Å². The van der Waals surface area contributed by atoms with Crippen LogP contribution in [0.5, 0.6) is 5.75 Å². The van der Waals surface area contributed by atoms with Crippen molar-refractivity contribution in [2.75, 3.05) is 7.11 Å². The number of ether oxygens (including phenoxy) is 1. The summed E-state index contributed by atoms with van der Waals surface area (Å²) in [6.07, 6.45) is 0. The van der Waals surface area contributed by atoms with Gasteiger partial charge in [0, 0.05) is 13.1 Å². The highest BCUT2D eigenvalue weighted by atomic mass is 32.1. The topological polar surface area (TPSA) is 43.3 Å². The van der Waals surface area contributed by atoms with Gasteiger partial charge >= 0.3 is 0 Å². The van der Waals surface area contributed by atoms with Crippen molar-refractivity contribution in [3.63, 3.8) is 0 Å². The third kappa shape index (κ3) is 3.73. The molecule has 0 saturated heterocycles. The Labute approximate surface area is 162 Å². The van der Waals surface area contributed by atoms with E-state index in [1.54, 1.807) is 18.4 Å². The van der Waals surface area contributed by atoms with Crippen LogP contribution in [0.2, 0.25) is 0 Å². The van der Waals surface area contributed by atoms with Gasteiger partial charge in [-0.25, -0.2) is 0 Å². The highest BCUT2D eigenvalue weighted by molar-refractivity contribution is 7.17. The van der Waals surface area contributed by atoms with Gasteiger partial charge in [-0.05, 0) is 40.8 Å². The molecule has 2 aromatic carbocycles. The first kappa shape index (κ1) is 17.4. The molecular weight excluding hydrogens is 356 g/mol. The average Bonchev–Trinajstić information content (AvgIpc) is 3.30. The summed E-state index contributed by atoms with van der Waals surface area (Å²) in [5.41, 5.74) is 3.99. The van der Waals surface area contributed by atoms with E-state index in [1.165, 1.54) is 5.56 Å². The number of fused-ring (bicyclic) bond motifs is 1. The van der Waals surface area contributed by atoms with E-state index in [0.717, 1.165) is 21.5 Å². The second-order valence-electron chi connectivity index (χ2n) is 6.30. The third-order valence-corrected chi connectivity index (χ3v) is 5.40. The number of carbonyl (C=O) groups is 1. The number of rotatable bonds is 6. The van der Waals surface area contributed by atoms with Crippen LogP contribution in [0.15, 0.2) is 72.1 Å². The summed E-state index contributed by atoms with van der Waals surface area (Å²) >= 11 is 1.65. The molecule has 2 aromatic heterocycles. The maximum atomic E-state index is 12.9. The second kappa shape index (κ2) is 7.68. The predicted octanol–water partition coefficient (Wildman–Crippen LogP) is 4.69. The van der Waals surface area contributed by atoms with Gasteiger partial charge in [-0.2, -0.15) is 0 Å². The van der Waals surface area contributed by atoms with Crippen LogP contribution in [0.25, 0.3) is 10.2 Å². The summed E-state index contributed by atoms with van der Waals surface area (Å²) in [7, 11) is 1.64. The Morgan fingerprint density at radius 1 is 1.04 bits per heavy atom. The van der Waals surface area contributed by atoms with Crippen LogP contribution in [-0.4, -0.2) is 17.6 Å². The minimum atomic E-state index is -0.0647. The maximum absolute atomic E-state index is 12.9. The number of nitrogens with one attached hydrogen (secondary N) is 1. The van der Waals surface area contributed by atoms with E-state index in [0.29, 0.717) is 18.8 Å². The monoisotopic (exact) mass is 376 g/mol. The molecule has 4 nitrogen and oxygen atoms in total. The van der Waals surface area contributed by atoms with Gasteiger partial charge < -0.3 is 14.6 Å². The molecule has 0 aliphatic heterocycles. The molecule has 4 aromatic rings. The number of amides is 1. The smallest absolute Gasteiger partial charge is 0.268 e. The van der Waals surface area contributed by atoms with Gasteiger partial charge in [0.15, 0.2) is 0 Å². The number of hydrogen-bond acceptors (Lipinski definition) is 3. The van der Waals surface area contributed by atoms with Crippen molar-refractivity contribution in [3.8, 4) is 5.75 Å². The average molecular weight is 376 g/mol. The Morgan fingerprint density at radius 3 is 2.56 bits per heavy atom. The molecule has 0 aliphatic rings. The summed E-state index contributed by atoms with van der Waals surface area (Å²) < 4.78 is 8.38. The molecule has 0 bridgehead atoms. The van der Waals surface area contributed by atoms with Crippen LogP contribution in [0.4, 0.5) is 0 Å². The molecule has 1 N–H and O–H groups in total. The van der Waals surface area contributed by atoms with Crippen molar-refractivity contribution in [2.45, 2.75) is 13.1 Å². The molecule has 5 heteroatoms. The fourth-order valence-electron chi connectivity index (χ4n) is 3.12. The predicted molar refractivity (Wildman–Crippen MR) is 110 cm³/mol. The van der Waals surface area contributed by atoms with Crippen LogP contribution >= 0.6 is 11.3 Å². The van der Waals surface area contributed by atoms with E-state index in [-0.39, 0.29) is 5.91 Å². The standard InChI is InChI=1S/C22H20N2O2S/c1-26-18-9-7-16(8-10-18)14-23-22(25)20-13-21-19(11-12-27-21)24(20)15-17-5-3-2-4-6-17/h2-13H,14-15H2,1H3,(H,23,25). The maximum Gasteiger partial charge on any atom is 0.268 e. The van der Waals surface area contributed by atoms with Crippen LogP contribution < -0.4 is 10.1 Å². The molecule has 0 unspecified atom stereocenters. The van der Waals surface area contributed by atoms with Crippen molar-refractivity contribution < 1.29 is 9.53 Å². The van der Waals surface area contributed by atoms with Gasteiger partial charge in [-0.3, -0.25) is 4.79 Å². The Morgan fingerprint density at radius 2 is 1.81 bits per heavy atom. The highest BCUT2D eigenvalue weighted by Gasteiger charge is 2.16. The minimum absolute atomic E-state index is 0.0647. The molecular formula is C22H20N2O2S. The van der Waals surface area contributed by atoms with Gasteiger partial charge in [-0.1, -0.05) is 42.5 Å². The van der Waals surface area contributed by atoms with Gasteiger partial charge in [0.25, 0.3) is 5.91 Å². The lowest BCUT2D eigenvalue weighted by atomic mass is 10.2. The molecule has 0 radical (unpaired) electrons. The Balaban J connectivity index is 1.55. The summed E-state index contributed by atoms with van der Waals surface area (Å²) in [4.78, 5) is 12.9. The number of methoxy groups -OCH3 is 1. The number of benzene rings is 2. The summed E-state index contributed by atoms with van der Waals surface area (Å²) in [5.74, 6) is 0.743. The largest absolute Gasteiger partial charge is 0.497 e. The number of hydrogen-bond donors (Lipinski definition) is 1. The lowest BCUT2D eigenvalue weighted by Gasteiger charge is -2.11. The van der Waals surface area contributed by atoms with E-state index < -0.39 is 0 Å². The Kier molecular flexibility index (Phi) is 4.94. The van der Waals surface area contributed by atoms with E-state index in [9.17, 15) is 4.79 Å². The van der Waals surface area contributed by atoms with E-state index in [4.69, 9.17) is 4.74 Å². The number of nitrogens with zero attached hydrogens (tertiary/aromatic N) is 1. The first-order valence-electron chi connectivity index (χ1n) is 8.76. The minimum Gasteiger partial charge on any atom is -0.497 e. The van der Waals surface area contributed by atoms with Crippen LogP contribution in [-0.2, 0) is 13.1 Å². The molecule has 0 spiro atoms. The van der Waals surface area contributed by atoms with Crippen LogP contribution in [0.3, 0.4) is 0 Å². The van der Waals surface area contributed by atoms with E-state index in [1.807, 2.05) is 48.5 Å². The molecule has 0 saturated carbocycles. The molecule has 27 heavy (non-hydrogen) atoms. The number of aromatic nitrogens is 1. The van der Waals surface area contributed by atoms with Crippen molar-refractivity contribution in [1.82, 2.24) is 9.88 Å². The molecule has 136 valence electrons. The summed E-state index contributed by atoms with van der Waals surface area (Å²) in [6.45, 7) is 1.15. The van der Waals surface area contributed by atoms with Crippen molar-refractivity contribution >= 4 is 27.5 Å². The zero-order valence-corrected chi connectivity index (χ0v) is 15.8. The first-order valence-corrected chi connectivity index (χ1v) is 9.64. The first-order chi connectivity index (χ1) is 13.2. The number of carbonyl (C=O) groups excluding carboxylic acids is 1. The third-order valence-electron chi connectivity index (χ3n) is 4.55. The quantitative estimate of drug-likeness (QED) is 0.530. The zero-order chi connectivity index (χ0) is 18.6. The Hall–Kier alpha value is -3.05.